The lowest BCUT2D eigenvalue weighted by Crippen LogP contribution is -2.20. The van der Waals surface area contributed by atoms with E-state index in [0.29, 0.717) is 66.1 Å². The number of hydrogen-bond donors (Lipinski definition) is 0. The van der Waals surface area contributed by atoms with Gasteiger partial charge in [-0.3, -0.25) is 4.79 Å². The highest BCUT2D eigenvalue weighted by atomic mass is 16.6. The van der Waals surface area contributed by atoms with Gasteiger partial charge in [0.25, 0.3) is 0 Å². The Kier molecular flexibility index (Phi) is 20.3. The van der Waals surface area contributed by atoms with Gasteiger partial charge in [-0.2, -0.15) is 0 Å². The second-order valence-electron chi connectivity index (χ2n) is 5.90. The van der Waals surface area contributed by atoms with Crippen LogP contribution < -0.4 is 0 Å². The third-order valence-corrected chi connectivity index (χ3v) is 3.78. The Morgan fingerprint density at radius 1 is 0.815 bits per heavy atom. The monoisotopic (exact) mass is 390 g/mol. The van der Waals surface area contributed by atoms with Crippen LogP contribution in [0.5, 0.6) is 0 Å². The Balaban J connectivity index is 3.26. The predicted molar refractivity (Wildman–Crippen MR) is 104 cm³/mol. The first kappa shape index (κ1) is 25.9. The van der Waals surface area contributed by atoms with Gasteiger partial charge in [-0.15, -0.1) is 0 Å². The SMILES string of the molecule is C=COCCOCCOCCOCCOCCOC(=O)C(CC)CCCC. The Morgan fingerprint density at radius 2 is 1.30 bits per heavy atom. The van der Waals surface area contributed by atoms with Crippen LogP contribution in [0.2, 0.25) is 0 Å². The fraction of sp³-hybridized carbons (Fsp3) is 0.850. The molecule has 0 aromatic carbocycles. The summed E-state index contributed by atoms with van der Waals surface area (Å²) in [5.74, 6) is -0.0979. The number of esters is 1. The molecule has 0 saturated carbocycles. The molecule has 0 aromatic rings. The van der Waals surface area contributed by atoms with Crippen molar-refractivity contribution in [3.63, 3.8) is 0 Å². The molecule has 0 bridgehead atoms. The largest absolute Gasteiger partial charge is 0.499 e. The third-order valence-electron chi connectivity index (χ3n) is 3.78. The minimum atomic E-state index is -0.111. The quantitative estimate of drug-likeness (QED) is 0.169. The number of ether oxygens (including phenoxy) is 6. The first-order valence-corrected chi connectivity index (χ1v) is 9.96. The summed E-state index contributed by atoms with van der Waals surface area (Å²) in [4.78, 5) is 11.9. The van der Waals surface area contributed by atoms with Crippen molar-refractivity contribution in [1.29, 1.82) is 0 Å². The van der Waals surface area contributed by atoms with Crippen LogP contribution in [0.1, 0.15) is 39.5 Å². The van der Waals surface area contributed by atoms with Gasteiger partial charge in [0, 0.05) is 0 Å². The number of unbranched alkanes of at least 4 members (excludes halogenated alkanes) is 1. The summed E-state index contributed by atoms with van der Waals surface area (Å²) in [7, 11) is 0. The second-order valence-corrected chi connectivity index (χ2v) is 5.90. The third kappa shape index (κ3) is 18.0. The summed E-state index contributed by atoms with van der Waals surface area (Å²) in [6.07, 6.45) is 5.27. The number of rotatable bonds is 21. The second kappa shape index (κ2) is 21.2. The van der Waals surface area contributed by atoms with Gasteiger partial charge >= 0.3 is 5.97 Å². The van der Waals surface area contributed by atoms with Gasteiger partial charge in [0.15, 0.2) is 0 Å². The van der Waals surface area contributed by atoms with Gasteiger partial charge in [-0.25, -0.2) is 0 Å². The van der Waals surface area contributed by atoms with Crippen LogP contribution >= 0.6 is 0 Å². The van der Waals surface area contributed by atoms with Gasteiger partial charge in [0.05, 0.1) is 65.0 Å². The molecule has 7 heteroatoms. The molecule has 7 nitrogen and oxygen atoms in total. The molecule has 0 aromatic heterocycles. The molecule has 27 heavy (non-hydrogen) atoms. The average Bonchev–Trinajstić information content (AvgIpc) is 2.68. The summed E-state index contributed by atoms with van der Waals surface area (Å²) in [5, 5.41) is 0. The van der Waals surface area contributed by atoms with Crippen molar-refractivity contribution in [3.05, 3.63) is 12.8 Å². The lowest BCUT2D eigenvalue weighted by atomic mass is 10.00. The fourth-order valence-electron chi connectivity index (χ4n) is 2.21. The van der Waals surface area contributed by atoms with E-state index < -0.39 is 0 Å². The lowest BCUT2D eigenvalue weighted by Gasteiger charge is -2.13. The first-order chi connectivity index (χ1) is 13.3. The zero-order valence-corrected chi connectivity index (χ0v) is 17.1. The van der Waals surface area contributed by atoms with Crippen molar-refractivity contribution in [2.75, 3.05) is 66.1 Å². The average molecular weight is 391 g/mol. The van der Waals surface area contributed by atoms with E-state index >= 15 is 0 Å². The molecule has 1 unspecified atom stereocenters. The number of carbonyl (C=O) groups excluding carboxylic acids is 1. The maximum Gasteiger partial charge on any atom is 0.308 e. The zero-order chi connectivity index (χ0) is 20.0. The van der Waals surface area contributed by atoms with Crippen molar-refractivity contribution >= 4 is 5.97 Å². The first-order valence-electron chi connectivity index (χ1n) is 9.96. The Labute approximate surface area is 164 Å². The Bertz CT molecular complexity index is 336. The highest BCUT2D eigenvalue weighted by molar-refractivity contribution is 5.72. The van der Waals surface area contributed by atoms with E-state index in [-0.39, 0.29) is 11.9 Å². The fourth-order valence-corrected chi connectivity index (χ4v) is 2.21. The Hall–Kier alpha value is -1.15. The molecule has 1 atom stereocenters. The molecular formula is C20H38O7. The Morgan fingerprint density at radius 3 is 1.74 bits per heavy atom. The van der Waals surface area contributed by atoms with Gasteiger partial charge in [-0.1, -0.05) is 33.3 Å². The van der Waals surface area contributed by atoms with E-state index in [4.69, 9.17) is 28.4 Å². The summed E-state index contributed by atoms with van der Waals surface area (Å²) in [5.41, 5.74) is 0. The van der Waals surface area contributed by atoms with E-state index in [1.54, 1.807) is 0 Å². The maximum absolute atomic E-state index is 11.9. The van der Waals surface area contributed by atoms with Crippen LogP contribution in [-0.4, -0.2) is 72.0 Å². The van der Waals surface area contributed by atoms with Crippen LogP contribution in [-0.2, 0) is 33.2 Å². The predicted octanol–water partition coefficient (Wildman–Crippen LogP) is 2.97. The zero-order valence-electron chi connectivity index (χ0n) is 17.1. The molecule has 0 radical (unpaired) electrons. The summed E-state index contributed by atoms with van der Waals surface area (Å²) >= 11 is 0. The van der Waals surface area contributed by atoms with Crippen LogP contribution in [0.15, 0.2) is 12.8 Å². The molecule has 0 saturated heterocycles. The van der Waals surface area contributed by atoms with Gasteiger partial charge in [-0.05, 0) is 12.8 Å². The highest BCUT2D eigenvalue weighted by Crippen LogP contribution is 2.14. The lowest BCUT2D eigenvalue weighted by molar-refractivity contribution is -0.150. The van der Waals surface area contributed by atoms with Crippen molar-refractivity contribution in [2.24, 2.45) is 5.92 Å². The van der Waals surface area contributed by atoms with Gasteiger partial charge < -0.3 is 28.4 Å². The van der Waals surface area contributed by atoms with Crippen molar-refractivity contribution in [1.82, 2.24) is 0 Å². The number of carbonyl (C=O) groups is 1. The molecule has 0 aliphatic rings. The molecule has 0 aliphatic carbocycles. The molecule has 0 rings (SSSR count). The molecule has 0 fully saturated rings. The van der Waals surface area contributed by atoms with E-state index in [9.17, 15) is 4.79 Å². The van der Waals surface area contributed by atoms with Crippen molar-refractivity contribution in [3.8, 4) is 0 Å². The van der Waals surface area contributed by atoms with Crippen LogP contribution in [0.4, 0.5) is 0 Å². The molecule has 0 aliphatic heterocycles. The molecule has 0 amide bonds. The standard InChI is InChI=1S/C20H38O7/c1-4-7-8-19(5-2)20(21)27-18-17-26-16-15-25-14-13-24-12-11-23-10-9-22-6-3/h6,19H,3-5,7-18H2,1-2H3. The molecule has 0 N–H and O–H groups in total. The molecule has 160 valence electrons. The van der Waals surface area contributed by atoms with E-state index in [2.05, 4.69) is 13.5 Å². The normalized spacial score (nSPS) is 11.9. The van der Waals surface area contributed by atoms with Gasteiger partial charge in [0.2, 0.25) is 0 Å². The van der Waals surface area contributed by atoms with Crippen LogP contribution in [0.25, 0.3) is 0 Å². The van der Waals surface area contributed by atoms with Crippen LogP contribution in [0.3, 0.4) is 0 Å². The molecule has 0 spiro atoms. The minimum absolute atomic E-state index is 0.0131. The van der Waals surface area contributed by atoms with E-state index in [1.807, 2.05) is 6.92 Å². The van der Waals surface area contributed by atoms with Crippen molar-refractivity contribution < 1.29 is 33.2 Å². The van der Waals surface area contributed by atoms with E-state index in [0.717, 1.165) is 25.7 Å². The number of hydrogen-bond acceptors (Lipinski definition) is 7. The summed E-state index contributed by atoms with van der Waals surface area (Å²) in [6, 6.07) is 0. The minimum Gasteiger partial charge on any atom is -0.499 e. The maximum atomic E-state index is 11.9. The molecule has 0 heterocycles. The van der Waals surface area contributed by atoms with Crippen LogP contribution in [0, 0.1) is 5.92 Å². The summed E-state index contributed by atoms with van der Waals surface area (Å²) in [6.45, 7) is 12.3. The van der Waals surface area contributed by atoms with Crippen molar-refractivity contribution in [2.45, 2.75) is 39.5 Å². The van der Waals surface area contributed by atoms with E-state index in [1.165, 1.54) is 6.26 Å². The smallest absolute Gasteiger partial charge is 0.308 e. The topological polar surface area (TPSA) is 72.5 Å². The highest BCUT2D eigenvalue weighted by Gasteiger charge is 2.16. The van der Waals surface area contributed by atoms with Gasteiger partial charge in [0.1, 0.15) is 13.2 Å². The molecular weight excluding hydrogens is 352 g/mol. The summed E-state index contributed by atoms with van der Waals surface area (Å²) < 4.78 is 31.6.